The molecule has 1 N–H and O–H groups in total. The second kappa shape index (κ2) is 11.8. The molecule has 0 aliphatic heterocycles. The summed E-state index contributed by atoms with van der Waals surface area (Å²) >= 11 is 0. The van der Waals surface area contributed by atoms with Gasteiger partial charge >= 0.3 is 14.8 Å². The molecule has 7 nitrogen and oxygen atoms in total. The first-order valence-corrected chi connectivity index (χ1v) is 7.40. The average Bonchev–Trinajstić information content (AvgIpc) is 2.40. The van der Waals surface area contributed by atoms with Gasteiger partial charge < -0.3 is 18.4 Å². The lowest BCUT2D eigenvalue weighted by Gasteiger charge is -2.23. The van der Waals surface area contributed by atoms with Gasteiger partial charge in [-0.1, -0.05) is 6.58 Å². The van der Waals surface area contributed by atoms with Crippen molar-refractivity contribution < 1.29 is 28.0 Å². The van der Waals surface area contributed by atoms with Gasteiger partial charge in [0.2, 0.25) is 6.08 Å². The van der Waals surface area contributed by atoms with Crippen LogP contribution < -0.4 is 0 Å². The standard InChI is InChI=1S/C7H15NO4Si.C4H6O2/c1-10-13(11-2,12-3)6-4-5-8-7-9;1-3(2)4(5)6/h4-6H2,1-3H3;1H2,2H3,(H,5,6). The summed E-state index contributed by atoms with van der Waals surface area (Å²) in [5.74, 6) is -0.935. The fourth-order valence-corrected chi connectivity index (χ4v) is 2.68. The van der Waals surface area contributed by atoms with Crippen LogP contribution in [0, 0.1) is 0 Å². The Kier molecular flexibility index (Phi) is 12.4. The van der Waals surface area contributed by atoms with Crippen LogP contribution in [0.1, 0.15) is 13.3 Å². The first-order valence-electron chi connectivity index (χ1n) is 5.47. The van der Waals surface area contributed by atoms with E-state index in [0.29, 0.717) is 19.0 Å². The molecule has 0 bridgehead atoms. The molecule has 0 saturated heterocycles. The highest BCUT2D eigenvalue weighted by atomic mass is 28.4. The maximum atomic E-state index is 9.76. The monoisotopic (exact) mass is 291 g/mol. The molecule has 0 atom stereocenters. The number of carbonyl (C=O) groups is 1. The second-order valence-corrected chi connectivity index (χ2v) is 6.55. The minimum absolute atomic E-state index is 0.176. The van der Waals surface area contributed by atoms with E-state index < -0.39 is 14.8 Å². The van der Waals surface area contributed by atoms with Crippen molar-refractivity contribution in [1.82, 2.24) is 0 Å². The van der Waals surface area contributed by atoms with Gasteiger partial charge in [-0.05, 0) is 13.3 Å². The van der Waals surface area contributed by atoms with E-state index in [-0.39, 0.29) is 5.57 Å². The highest BCUT2D eigenvalue weighted by Gasteiger charge is 2.36. The molecule has 0 aromatic heterocycles. The zero-order chi connectivity index (χ0) is 15.3. The summed E-state index contributed by atoms with van der Waals surface area (Å²) in [6, 6.07) is 0.654. The Morgan fingerprint density at radius 3 is 2.00 bits per heavy atom. The lowest BCUT2D eigenvalue weighted by molar-refractivity contribution is -0.132. The molecule has 0 aromatic carbocycles. The van der Waals surface area contributed by atoms with Crippen molar-refractivity contribution in [2.75, 3.05) is 27.9 Å². The maximum Gasteiger partial charge on any atom is 0.500 e. The number of carbonyl (C=O) groups excluding carboxylic acids is 1. The molecule has 0 aliphatic carbocycles. The molecule has 110 valence electrons. The zero-order valence-corrected chi connectivity index (χ0v) is 12.8. The Hall–Kier alpha value is -1.31. The van der Waals surface area contributed by atoms with Gasteiger partial charge in [0.1, 0.15) is 0 Å². The van der Waals surface area contributed by atoms with Gasteiger partial charge in [0, 0.05) is 32.9 Å². The number of carboxylic acids is 1. The van der Waals surface area contributed by atoms with Crippen molar-refractivity contribution >= 4 is 20.9 Å². The molecule has 0 aliphatic rings. The van der Waals surface area contributed by atoms with E-state index in [9.17, 15) is 9.59 Å². The molecule has 0 rings (SSSR count). The number of rotatable bonds is 8. The molecular formula is C11H21NO6Si. The van der Waals surface area contributed by atoms with Crippen LogP contribution >= 0.6 is 0 Å². The summed E-state index contributed by atoms with van der Waals surface area (Å²) in [6.07, 6.45) is 2.18. The molecule has 0 saturated carbocycles. The van der Waals surface area contributed by atoms with Gasteiger partial charge in [-0.2, -0.15) is 0 Å². The third-order valence-electron chi connectivity index (χ3n) is 2.12. The molecular weight excluding hydrogens is 270 g/mol. The molecule has 0 spiro atoms. The van der Waals surface area contributed by atoms with Crippen LogP contribution in [0.15, 0.2) is 17.1 Å². The summed E-state index contributed by atoms with van der Waals surface area (Å²) in [6.45, 7) is 5.04. The first kappa shape index (κ1) is 20.0. The van der Waals surface area contributed by atoms with Crippen LogP contribution in [0.25, 0.3) is 0 Å². The highest BCUT2D eigenvalue weighted by Crippen LogP contribution is 2.14. The van der Waals surface area contributed by atoms with Gasteiger partial charge in [-0.15, -0.1) is 0 Å². The van der Waals surface area contributed by atoms with Crippen LogP contribution in [0.5, 0.6) is 0 Å². The number of aliphatic imine (C=N–C) groups is 1. The van der Waals surface area contributed by atoms with E-state index in [1.54, 1.807) is 21.3 Å². The number of nitrogens with zero attached hydrogens (tertiary/aromatic N) is 1. The van der Waals surface area contributed by atoms with Crippen LogP contribution in [0.4, 0.5) is 0 Å². The summed E-state index contributed by atoms with van der Waals surface area (Å²) in [5, 5.41) is 7.89. The quantitative estimate of drug-likeness (QED) is 0.238. The minimum Gasteiger partial charge on any atom is -0.478 e. The van der Waals surface area contributed by atoms with Crippen molar-refractivity contribution in [3.8, 4) is 0 Å². The Balaban J connectivity index is 0. The van der Waals surface area contributed by atoms with E-state index in [2.05, 4.69) is 11.6 Å². The molecule has 0 heterocycles. The fraction of sp³-hybridized carbons (Fsp3) is 0.636. The smallest absolute Gasteiger partial charge is 0.478 e. The van der Waals surface area contributed by atoms with Gasteiger partial charge in [0.25, 0.3) is 0 Å². The van der Waals surface area contributed by atoms with Crippen LogP contribution in [-0.2, 0) is 22.9 Å². The Labute approximate surface area is 114 Å². The van der Waals surface area contributed by atoms with Gasteiger partial charge in [0.05, 0.1) is 6.54 Å². The predicted molar refractivity (Wildman–Crippen MR) is 71.6 cm³/mol. The fourth-order valence-electron chi connectivity index (χ4n) is 0.976. The first-order chi connectivity index (χ1) is 8.89. The summed E-state index contributed by atoms with van der Waals surface area (Å²) in [4.78, 5) is 22.8. The predicted octanol–water partition coefficient (Wildman–Crippen LogP) is 1.24. The van der Waals surface area contributed by atoms with Gasteiger partial charge in [-0.25, -0.2) is 14.6 Å². The summed E-state index contributed by atoms with van der Waals surface area (Å²) in [5.41, 5.74) is 0.176. The van der Waals surface area contributed by atoms with Crippen LogP contribution in [0.2, 0.25) is 6.04 Å². The van der Waals surface area contributed by atoms with Crippen molar-refractivity contribution in [3.05, 3.63) is 12.2 Å². The summed E-state index contributed by atoms with van der Waals surface area (Å²) in [7, 11) is 2.22. The number of isocyanates is 1. The van der Waals surface area contributed by atoms with Crippen molar-refractivity contribution in [2.45, 2.75) is 19.4 Å². The van der Waals surface area contributed by atoms with Gasteiger partial charge in [-0.3, -0.25) is 0 Å². The molecule has 0 unspecified atom stereocenters. The van der Waals surface area contributed by atoms with E-state index >= 15 is 0 Å². The van der Waals surface area contributed by atoms with Crippen LogP contribution in [0.3, 0.4) is 0 Å². The Morgan fingerprint density at radius 2 is 1.74 bits per heavy atom. The third-order valence-corrected chi connectivity index (χ3v) is 4.95. The highest BCUT2D eigenvalue weighted by molar-refractivity contribution is 6.60. The number of carboxylic acid groups (broad SMARTS) is 1. The Morgan fingerprint density at radius 1 is 1.32 bits per heavy atom. The third kappa shape index (κ3) is 10.3. The molecule has 0 amide bonds. The zero-order valence-electron chi connectivity index (χ0n) is 11.8. The topological polar surface area (TPSA) is 94.4 Å². The van der Waals surface area contributed by atoms with Crippen molar-refractivity contribution in [2.24, 2.45) is 4.99 Å². The van der Waals surface area contributed by atoms with Gasteiger partial charge in [0.15, 0.2) is 0 Å². The average molecular weight is 291 g/mol. The maximum absolute atomic E-state index is 9.76. The largest absolute Gasteiger partial charge is 0.500 e. The number of hydrogen-bond donors (Lipinski definition) is 1. The van der Waals surface area contributed by atoms with Crippen LogP contribution in [-0.4, -0.2) is 53.8 Å². The van der Waals surface area contributed by atoms with E-state index in [1.807, 2.05) is 0 Å². The normalized spacial score (nSPS) is 9.89. The molecule has 8 heteroatoms. The molecule has 19 heavy (non-hydrogen) atoms. The lowest BCUT2D eigenvalue weighted by atomic mass is 10.4. The molecule has 0 aromatic rings. The van der Waals surface area contributed by atoms with E-state index in [1.165, 1.54) is 13.0 Å². The SMILES string of the molecule is C=C(C)C(=O)O.CO[Si](CCCN=C=O)(OC)OC. The second-order valence-electron chi connectivity index (χ2n) is 3.46. The number of hydrogen-bond acceptors (Lipinski definition) is 6. The summed E-state index contributed by atoms with van der Waals surface area (Å²) < 4.78 is 15.5. The van der Waals surface area contributed by atoms with E-state index in [0.717, 1.165) is 0 Å². The minimum atomic E-state index is -2.46. The Bertz CT molecular complexity index is 303. The van der Waals surface area contributed by atoms with E-state index in [4.69, 9.17) is 18.4 Å². The van der Waals surface area contributed by atoms with Crippen molar-refractivity contribution in [1.29, 1.82) is 0 Å². The lowest BCUT2D eigenvalue weighted by Crippen LogP contribution is -2.42. The molecule has 0 fully saturated rings. The molecule has 0 radical (unpaired) electrons. The van der Waals surface area contributed by atoms with Crippen molar-refractivity contribution in [3.63, 3.8) is 0 Å². The number of aliphatic carboxylic acids is 1.